The SMILES string of the molecule is C=C(C)c1cn(C)nc1OCCC. The lowest BCUT2D eigenvalue weighted by Crippen LogP contribution is -1.98. The third-order valence-electron chi connectivity index (χ3n) is 1.70. The second-order valence-corrected chi connectivity index (χ2v) is 3.15. The Morgan fingerprint density at radius 3 is 2.92 bits per heavy atom. The molecule has 0 saturated heterocycles. The van der Waals surface area contributed by atoms with E-state index in [0.29, 0.717) is 12.5 Å². The summed E-state index contributed by atoms with van der Waals surface area (Å²) in [6.07, 6.45) is 2.92. The maximum absolute atomic E-state index is 5.48. The third-order valence-corrected chi connectivity index (χ3v) is 1.70. The van der Waals surface area contributed by atoms with Gasteiger partial charge >= 0.3 is 0 Å². The van der Waals surface area contributed by atoms with Crippen molar-refractivity contribution in [1.29, 1.82) is 0 Å². The molecular formula is C10H16N2O. The molecule has 0 aliphatic carbocycles. The Kier molecular flexibility index (Phi) is 3.12. The van der Waals surface area contributed by atoms with Gasteiger partial charge in [0.15, 0.2) is 0 Å². The van der Waals surface area contributed by atoms with Crippen LogP contribution < -0.4 is 4.74 Å². The van der Waals surface area contributed by atoms with Crippen molar-refractivity contribution in [1.82, 2.24) is 9.78 Å². The van der Waals surface area contributed by atoms with Crippen LogP contribution in [0.2, 0.25) is 0 Å². The minimum absolute atomic E-state index is 0.692. The zero-order chi connectivity index (χ0) is 9.84. The number of hydrogen-bond acceptors (Lipinski definition) is 2. The van der Waals surface area contributed by atoms with Crippen molar-refractivity contribution in [2.75, 3.05) is 6.61 Å². The van der Waals surface area contributed by atoms with E-state index in [0.717, 1.165) is 17.6 Å². The third kappa shape index (κ3) is 2.34. The van der Waals surface area contributed by atoms with Crippen molar-refractivity contribution in [2.24, 2.45) is 7.05 Å². The molecule has 0 fully saturated rings. The molecule has 0 spiro atoms. The molecule has 72 valence electrons. The first-order valence-electron chi connectivity index (χ1n) is 4.47. The predicted octanol–water partition coefficient (Wildman–Crippen LogP) is 2.24. The molecule has 1 heterocycles. The molecular weight excluding hydrogens is 164 g/mol. The first-order chi connectivity index (χ1) is 6.15. The van der Waals surface area contributed by atoms with Crippen LogP contribution in [-0.2, 0) is 7.05 Å². The van der Waals surface area contributed by atoms with E-state index in [2.05, 4.69) is 18.6 Å². The van der Waals surface area contributed by atoms with Crippen LogP contribution in [0, 0.1) is 0 Å². The van der Waals surface area contributed by atoms with Crippen LogP contribution in [0.4, 0.5) is 0 Å². The Labute approximate surface area is 79.0 Å². The normalized spacial score (nSPS) is 10.1. The molecule has 0 radical (unpaired) electrons. The molecule has 13 heavy (non-hydrogen) atoms. The van der Waals surface area contributed by atoms with Gasteiger partial charge in [0, 0.05) is 13.2 Å². The molecule has 0 atom stereocenters. The number of hydrogen-bond donors (Lipinski definition) is 0. The monoisotopic (exact) mass is 180 g/mol. The summed E-state index contributed by atoms with van der Waals surface area (Å²) in [4.78, 5) is 0. The Bertz CT molecular complexity index is 302. The van der Waals surface area contributed by atoms with Crippen molar-refractivity contribution in [3.63, 3.8) is 0 Å². The van der Waals surface area contributed by atoms with Gasteiger partial charge in [0.1, 0.15) is 0 Å². The van der Waals surface area contributed by atoms with E-state index in [1.54, 1.807) is 4.68 Å². The van der Waals surface area contributed by atoms with E-state index >= 15 is 0 Å². The van der Waals surface area contributed by atoms with Gasteiger partial charge in [0.05, 0.1) is 12.2 Å². The minimum atomic E-state index is 0.692. The fourth-order valence-electron chi connectivity index (χ4n) is 1.07. The smallest absolute Gasteiger partial charge is 0.240 e. The molecule has 1 aromatic heterocycles. The number of aryl methyl sites for hydroxylation is 1. The molecule has 3 heteroatoms. The maximum atomic E-state index is 5.48. The van der Waals surface area contributed by atoms with Crippen LogP contribution >= 0.6 is 0 Å². The first-order valence-corrected chi connectivity index (χ1v) is 4.47. The van der Waals surface area contributed by atoms with E-state index in [1.807, 2.05) is 20.2 Å². The quantitative estimate of drug-likeness (QED) is 0.710. The van der Waals surface area contributed by atoms with E-state index in [9.17, 15) is 0 Å². The summed E-state index contributed by atoms with van der Waals surface area (Å²) >= 11 is 0. The number of aromatic nitrogens is 2. The fourth-order valence-corrected chi connectivity index (χ4v) is 1.07. The number of allylic oxidation sites excluding steroid dienone is 1. The van der Waals surface area contributed by atoms with Crippen LogP contribution in [0.1, 0.15) is 25.8 Å². The fraction of sp³-hybridized carbons (Fsp3) is 0.500. The molecule has 0 amide bonds. The van der Waals surface area contributed by atoms with E-state index in [1.165, 1.54) is 0 Å². The molecule has 0 aromatic carbocycles. The van der Waals surface area contributed by atoms with Crippen molar-refractivity contribution in [3.05, 3.63) is 18.3 Å². The average molecular weight is 180 g/mol. The number of nitrogens with zero attached hydrogens (tertiary/aromatic N) is 2. The second-order valence-electron chi connectivity index (χ2n) is 3.15. The summed E-state index contributed by atoms with van der Waals surface area (Å²) in [5.74, 6) is 0.692. The van der Waals surface area contributed by atoms with Gasteiger partial charge in [-0.25, -0.2) is 0 Å². The number of ether oxygens (including phenoxy) is 1. The molecule has 0 N–H and O–H groups in total. The first kappa shape index (κ1) is 9.84. The van der Waals surface area contributed by atoms with Crippen LogP contribution in [0.5, 0.6) is 5.88 Å². The van der Waals surface area contributed by atoms with E-state index in [-0.39, 0.29) is 0 Å². The van der Waals surface area contributed by atoms with Crippen molar-refractivity contribution in [3.8, 4) is 5.88 Å². The summed E-state index contributed by atoms with van der Waals surface area (Å²) < 4.78 is 7.22. The highest BCUT2D eigenvalue weighted by atomic mass is 16.5. The highest BCUT2D eigenvalue weighted by Crippen LogP contribution is 2.22. The largest absolute Gasteiger partial charge is 0.476 e. The summed E-state index contributed by atoms with van der Waals surface area (Å²) in [5.41, 5.74) is 1.98. The predicted molar refractivity (Wildman–Crippen MR) is 53.7 cm³/mol. The molecule has 1 aromatic rings. The lowest BCUT2D eigenvalue weighted by atomic mass is 10.2. The van der Waals surface area contributed by atoms with E-state index < -0.39 is 0 Å². The maximum Gasteiger partial charge on any atom is 0.240 e. The Morgan fingerprint density at radius 1 is 1.69 bits per heavy atom. The molecule has 0 aliphatic rings. The Hall–Kier alpha value is -1.25. The summed E-state index contributed by atoms with van der Waals surface area (Å²) in [6, 6.07) is 0. The van der Waals surface area contributed by atoms with Crippen molar-refractivity contribution < 1.29 is 4.74 Å². The molecule has 1 rings (SSSR count). The Morgan fingerprint density at radius 2 is 2.38 bits per heavy atom. The summed E-state index contributed by atoms with van der Waals surface area (Å²) in [6.45, 7) is 8.61. The standard InChI is InChI=1S/C10H16N2O/c1-5-6-13-10-9(8(2)3)7-12(4)11-10/h7H,2,5-6H2,1,3-4H3. The Balaban J connectivity index is 2.84. The summed E-state index contributed by atoms with van der Waals surface area (Å²) in [7, 11) is 1.88. The lowest BCUT2D eigenvalue weighted by Gasteiger charge is -2.02. The molecule has 0 unspecified atom stereocenters. The van der Waals surface area contributed by atoms with Gasteiger partial charge < -0.3 is 4.74 Å². The zero-order valence-electron chi connectivity index (χ0n) is 8.50. The zero-order valence-corrected chi connectivity index (χ0v) is 8.50. The van der Waals surface area contributed by atoms with Crippen molar-refractivity contribution >= 4 is 5.57 Å². The van der Waals surface area contributed by atoms with Gasteiger partial charge in [-0.1, -0.05) is 13.5 Å². The number of rotatable bonds is 4. The van der Waals surface area contributed by atoms with Gasteiger partial charge in [-0.2, -0.15) is 0 Å². The van der Waals surface area contributed by atoms with Crippen LogP contribution in [0.3, 0.4) is 0 Å². The minimum Gasteiger partial charge on any atom is -0.476 e. The highest BCUT2D eigenvalue weighted by Gasteiger charge is 2.08. The van der Waals surface area contributed by atoms with E-state index in [4.69, 9.17) is 4.74 Å². The summed E-state index contributed by atoms with van der Waals surface area (Å²) in [5, 5.41) is 4.20. The van der Waals surface area contributed by atoms with Gasteiger partial charge in [-0.05, 0) is 18.9 Å². The van der Waals surface area contributed by atoms with Gasteiger partial charge in [-0.15, -0.1) is 5.10 Å². The molecule has 3 nitrogen and oxygen atoms in total. The molecule has 0 saturated carbocycles. The molecule has 0 bridgehead atoms. The second kappa shape index (κ2) is 4.12. The topological polar surface area (TPSA) is 27.1 Å². The van der Waals surface area contributed by atoms with Gasteiger partial charge in [0.25, 0.3) is 0 Å². The van der Waals surface area contributed by atoms with Crippen molar-refractivity contribution in [2.45, 2.75) is 20.3 Å². The average Bonchev–Trinajstić information content (AvgIpc) is 2.43. The van der Waals surface area contributed by atoms with Crippen LogP contribution in [0.25, 0.3) is 5.57 Å². The van der Waals surface area contributed by atoms with Crippen LogP contribution in [0.15, 0.2) is 12.8 Å². The molecule has 0 aliphatic heterocycles. The van der Waals surface area contributed by atoms with Crippen LogP contribution in [-0.4, -0.2) is 16.4 Å². The van der Waals surface area contributed by atoms with Gasteiger partial charge in [-0.3, -0.25) is 4.68 Å². The van der Waals surface area contributed by atoms with Gasteiger partial charge in [0.2, 0.25) is 5.88 Å². The highest BCUT2D eigenvalue weighted by molar-refractivity contribution is 5.64. The lowest BCUT2D eigenvalue weighted by molar-refractivity contribution is 0.301.